The second-order valence-electron chi connectivity index (χ2n) is 2.92. The van der Waals surface area contributed by atoms with Gasteiger partial charge in [0.2, 0.25) is 0 Å². The molecule has 0 aliphatic carbocycles. The highest BCUT2D eigenvalue weighted by atomic mass is 16.3. The molecule has 0 aliphatic rings. The summed E-state index contributed by atoms with van der Waals surface area (Å²) in [6.07, 6.45) is 0. The Morgan fingerprint density at radius 1 is 1.50 bits per heavy atom. The van der Waals surface area contributed by atoms with E-state index in [0.29, 0.717) is 5.69 Å². The number of anilines is 1. The van der Waals surface area contributed by atoms with E-state index in [4.69, 9.17) is 16.6 Å². The molecule has 3 nitrogen and oxygen atoms in total. The maximum atomic E-state index is 8.82. The minimum absolute atomic E-state index is 0.0757. The molecule has 1 atom stereocenters. The number of nitrogens with two attached hydrogens (primary N) is 2. The lowest BCUT2D eigenvalue weighted by molar-refractivity contribution is 0.268. The van der Waals surface area contributed by atoms with Crippen LogP contribution in [0.4, 0.5) is 5.69 Å². The minimum Gasteiger partial charge on any atom is -0.398 e. The Kier molecular flexibility index (Phi) is 2.68. The van der Waals surface area contributed by atoms with Crippen molar-refractivity contribution in [3.8, 4) is 0 Å². The molecule has 3 heteroatoms. The zero-order chi connectivity index (χ0) is 9.14. The van der Waals surface area contributed by atoms with E-state index < -0.39 is 0 Å². The van der Waals surface area contributed by atoms with Crippen LogP contribution in [0, 0.1) is 6.92 Å². The largest absolute Gasteiger partial charge is 0.398 e. The van der Waals surface area contributed by atoms with Gasteiger partial charge in [-0.05, 0) is 18.6 Å². The lowest BCUT2D eigenvalue weighted by Gasteiger charge is -2.11. The molecule has 1 rings (SSSR count). The van der Waals surface area contributed by atoms with Crippen molar-refractivity contribution in [1.82, 2.24) is 0 Å². The molecular weight excluding hydrogens is 152 g/mol. The van der Waals surface area contributed by atoms with Crippen molar-refractivity contribution in [3.63, 3.8) is 0 Å². The summed E-state index contributed by atoms with van der Waals surface area (Å²) in [6.45, 7) is 1.89. The number of rotatable bonds is 2. The van der Waals surface area contributed by atoms with Gasteiger partial charge in [-0.2, -0.15) is 0 Å². The first-order valence-electron chi connectivity index (χ1n) is 3.87. The highest BCUT2D eigenvalue weighted by Gasteiger charge is 2.07. The molecule has 5 N–H and O–H groups in total. The van der Waals surface area contributed by atoms with Crippen molar-refractivity contribution in [2.24, 2.45) is 5.73 Å². The molecule has 0 fully saturated rings. The van der Waals surface area contributed by atoms with Gasteiger partial charge in [0, 0.05) is 5.69 Å². The lowest BCUT2D eigenvalue weighted by atomic mass is 10.0. The summed E-state index contributed by atoms with van der Waals surface area (Å²) in [5.41, 5.74) is 13.9. The summed E-state index contributed by atoms with van der Waals surface area (Å²) in [5.74, 6) is 0. The van der Waals surface area contributed by atoms with E-state index in [2.05, 4.69) is 0 Å². The molecule has 0 radical (unpaired) electrons. The van der Waals surface area contributed by atoms with E-state index in [1.807, 2.05) is 19.1 Å². The van der Waals surface area contributed by atoms with Crippen LogP contribution in [-0.2, 0) is 0 Å². The summed E-state index contributed by atoms with van der Waals surface area (Å²) in [6, 6.07) is 5.25. The van der Waals surface area contributed by atoms with Gasteiger partial charge in [-0.3, -0.25) is 0 Å². The van der Waals surface area contributed by atoms with E-state index in [9.17, 15) is 0 Å². The van der Waals surface area contributed by atoms with Crippen molar-refractivity contribution in [3.05, 3.63) is 29.3 Å². The fourth-order valence-electron chi connectivity index (χ4n) is 1.11. The first-order valence-corrected chi connectivity index (χ1v) is 3.87. The van der Waals surface area contributed by atoms with E-state index in [0.717, 1.165) is 11.1 Å². The Morgan fingerprint density at radius 3 is 2.75 bits per heavy atom. The SMILES string of the molecule is Cc1ccc(N)c([C@@H](N)CO)c1. The second kappa shape index (κ2) is 3.56. The average molecular weight is 166 g/mol. The Labute approximate surface area is 72.0 Å². The molecule has 0 saturated heterocycles. The molecule has 0 bridgehead atoms. The van der Waals surface area contributed by atoms with Gasteiger partial charge in [0.15, 0.2) is 0 Å². The first kappa shape index (κ1) is 9.03. The van der Waals surface area contributed by atoms with Crippen molar-refractivity contribution in [2.45, 2.75) is 13.0 Å². The maximum absolute atomic E-state index is 8.82. The van der Waals surface area contributed by atoms with Crippen LogP contribution in [0.5, 0.6) is 0 Å². The van der Waals surface area contributed by atoms with E-state index in [-0.39, 0.29) is 12.6 Å². The molecule has 0 unspecified atom stereocenters. The van der Waals surface area contributed by atoms with Crippen LogP contribution in [0.3, 0.4) is 0 Å². The molecule has 0 aliphatic heterocycles. The summed E-state index contributed by atoms with van der Waals surface area (Å²) >= 11 is 0. The van der Waals surface area contributed by atoms with Crippen molar-refractivity contribution in [2.75, 3.05) is 12.3 Å². The van der Waals surface area contributed by atoms with Crippen molar-refractivity contribution >= 4 is 5.69 Å². The van der Waals surface area contributed by atoms with Crippen LogP contribution in [0.15, 0.2) is 18.2 Å². The number of aliphatic hydroxyl groups is 1. The number of benzene rings is 1. The van der Waals surface area contributed by atoms with Gasteiger partial charge in [0.25, 0.3) is 0 Å². The third-order valence-corrected chi connectivity index (χ3v) is 1.84. The van der Waals surface area contributed by atoms with E-state index in [1.54, 1.807) is 6.07 Å². The standard InChI is InChI=1S/C9H14N2O/c1-6-2-3-8(10)7(4-6)9(11)5-12/h2-4,9,12H,5,10-11H2,1H3/t9-/m0/s1. The van der Waals surface area contributed by atoms with Gasteiger partial charge in [0.05, 0.1) is 12.6 Å². The highest BCUT2D eigenvalue weighted by molar-refractivity contribution is 5.50. The first-order chi connectivity index (χ1) is 5.65. The smallest absolute Gasteiger partial charge is 0.0625 e. The maximum Gasteiger partial charge on any atom is 0.0625 e. The van der Waals surface area contributed by atoms with Crippen LogP contribution in [-0.4, -0.2) is 11.7 Å². The molecule has 0 aromatic heterocycles. The van der Waals surface area contributed by atoms with Crippen LogP contribution in [0.2, 0.25) is 0 Å². The third kappa shape index (κ3) is 1.75. The molecule has 66 valence electrons. The quantitative estimate of drug-likeness (QED) is 0.562. The zero-order valence-electron chi connectivity index (χ0n) is 7.12. The summed E-state index contributed by atoms with van der Waals surface area (Å²) in [7, 11) is 0. The monoisotopic (exact) mass is 166 g/mol. The van der Waals surface area contributed by atoms with Crippen LogP contribution in [0.25, 0.3) is 0 Å². The Balaban J connectivity index is 3.04. The summed E-state index contributed by atoms with van der Waals surface area (Å²) in [4.78, 5) is 0. The molecule has 0 heterocycles. The fourth-order valence-corrected chi connectivity index (χ4v) is 1.11. The van der Waals surface area contributed by atoms with Gasteiger partial charge < -0.3 is 16.6 Å². The van der Waals surface area contributed by atoms with Gasteiger partial charge in [0.1, 0.15) is 0 Å². The summed E-state index contributed by atoms with van der Waals surface area (Å²) < 4.78 is 0. The average Bonchev–Trinajstić information content (AvgIpc) is 2.08. The van der Waals surface area contributed by atoms with Gasteiger partial charge in [-0.15, -0.1) is 0 Å². The molecular formula is C9H14N2O. The molecule has 0 spiro atoms. The van der Waals surface area contributed by atoms with Crippen LogP contribution in [0.1, 0.15) is 17.2 Å². The highest BCUT2D eigenvalue weighted by Crippen LogP contribution is 2.19. The molecule has 0 amide bonds. The molecule has 0 saturated carbocycles. The Morgan fingerprint density at radius 2 is 2.17 bits per heavy atom. The molecule has 1 aromatic rings. The summed E-state index contributed by atoms with van der Waals surface area (Å²) in [5, 5.41) is 8.82. The Hall–Kier alpha value is -1.06. The normalized spacial score (nSPS) is 12.9. The van der Waals surface area contributed by atoms with Gasteiger partial charge in [-0.25, -0.2) is 0 Å². The fraction of sp³-hybridized carbons (Fsp3) is 0.333. The van der Waals surface area contributed by atoms with Crippen LogP contribution < -0.4 is 11.5 Å². The lowest BCUT2D eigenvalue weighted by Crippen LogP contribution is -2.16. The second-order valence-corrected chi connectivity index (χ2v) is 2.92. The minimum atomic E-state index is -0.370. The molecule has 12 heavy (non-hydrogen) atoms. The number of hydrogen-bond acceptors (Lipinski definition) is 3. The Bertz CT molecular complexity index is 273. The number of nitrogen functional groups attached to an aromatic ring is 1. The van der Waals surface area contributed by atoms with E-state index >= 15 is 0 Å². The topological polar surface area (TPSA) is 72.3 Å². The van der Waals surface area contributed by atoms with Gasteiger partial charge in [-0.1, -0.05) is 17.7 Å². The van der Waals surface area contributed by atoms with Crippen LogP contribution >= 0.6 is 0 Å². The number of aliphatic hydroxyl groups excluding tert-OH is 1. The predicted octanol–water partition coefficient (Wildman–Crippen LogP) is 0.569. The third-order valence-electron chi connectivity index (χ3n) is 1.84. The van der Waals surface area contributed by atoms with E-state index in [1.165, 1.54) is 0 Å². The van der Waals surface area contributed by atoms with Crippen molar-refractivity contribution < 1.29 is 5.11 Å². The molecule has 1 aromatic carbocycles. The zero-order valence-corrected chi connectivity index (χ0v) is 7.12. The number of hydrogen-bond donors (Lipinski definition) is 3. The van der Waals surface area contributed by atoms with Gasteiger partial charge >= 0.3 is 0 Å². The van der Waals surface area contributed by atoms with Crippen molar-refractivity contribution in [1.29, 1.82) is 0 Å². The number of aryl methyl sites for hydroxylation is 1. The predicted molar refractivity (Wildman–Crippen MR) is 49.6 cm³/mol.